The Morgan fingerprint density at radius 1 is 0.933 bits per heavy atom. The van der Waals surface area contributed by atoms with Gasteiger partial charge in [0.2, 0.25) is 5.91 Å². The first-order valence-corrected chi connectivity index (χ1v) is 9.95. The van der Waals surface area contributed by atoms with Gasteiger partial charge in [0.15, 0.2) is 0 Å². The van der Waals surface area contributed by atoms with Crippen LogP contribution in [0.1, 0.15) is 31.4 Å². The van der Waals surface area contributed by atoms with Crippen LogP contribution in [0.3, 0.4) is 0 Å². The van der Waals surface area contributed by atoms with E-state index in [0.29, 0.717) is 6.42 Å². The van der Waals surface area contributed by atoms with Crippen molar-refractivity contribution in [3.63, 3.8) is 0 Å². The molecule has 0 bridgehead atoms. The number of aliphatic carboxylic acids is 1. The van der Waals surface area contributed by atoms with Crippen molar-refractivity contribution >= 4 is 18.0 Å². The first kappa shape index (κ1) is 22.9. The van der Waals surface area contributed by atoms with Crippen molar-refractivity contribution in [3.05, 3.63) is 71.8 Å². The lowest BCUT2D eigenvalue weighted by Crippen LogP contribution is -2.54. The lowest BCUT2D eigenvalue weighted by atomic mass is 9.97. The molecule has 160 valence electrons. The van der Waals surface area contributed by atoms with Gasteiger partial charge in [0.05, 0.1) is 0 Å². The lowest BCUT2D eigenvalue weighted by molar-refractivity contribution is -0.142. The van der Waals surface area contributed by atoms with Crippen LogP contribution in [0.15, 0.2) is 60.7 Å². The number of carboxylic acid groups (broad SMARTS) is 1. The second-order valence-corrected chi connectivity index (χ2v) is 7.16. The highest BCUT2D eigenvalue weighted by atomic mass is 16.5. The van der Waals surface area contributed by atoms with Gasteiger partial charge < -0.3 is 20.5 Å². The lowest BCUT2D eigenvalue weighted by Gasteiger charge is -2.25. The summed E-state index contributed by atoms with van der Waals surface area (Å²) in [5.41, 5.74) is 1.62. The van der Waals surface area contributed by atoms with Gasteiger partial charge in [-0.05, 0) is 17.0 Å². The fourth-order valence-electron chi connectivity index (χ4n) is 2.91. The van der Waals surface area contributed by atoms with Gasteiger partial charge in [0.1, 0.15) is 18.7 Å². The maximum absolute atomic E-state index is 12.8. The molecule has 3 N–H and O–H groups in total. The van der Waals surface area contributed by atoms with Gasteiger partial charge in [0.25, 0.3) is 0 Å². The molecule has 0 spiro atoms. The Hall–Kier alpha value is -3.35. The predicted molar refractivity (Wildman–Crippen MR) is 113 cm³/mol. The van der Waals surface area contributed by atoms with E-state index in [4.69, 9.17) is 4.74 Å². The maximum atomic E-state index is 12.8. The molecule has 0 radical (unpaired) electrons. The average Bonchev–Trinajstić information content (AvgIpc) is 2.76. The molecule has 0 saturated carbocycles. The topological polar surface area (TPSA) is 105 Å². The van der Waals surface area contributed by atoms with Crippen LogP contribution in [0.2, 0.25) is 0 Å². The fraction of sp³-hybridized carbons (Fsp3) is 0.348. The number of alkyl carbamates (subject to hydrolysis) is 1. The zero-order chi connectivity index (χ0) is 21.9. The van der Waals surface area contributed by atoms with E-state index >= 15 is 0 Å². The Kier molecular flexibility index (Phi) is 8.87. The van der Waals surface area contributed by atoms with E-state index in [1.54, 1.807) is 12.1 Å². The molecule has 2 aromatic rings. The zero-order valence-corrected chi connectivity index (χ0v) is 17.2. The van der Waals surface area contributed by atoms with Crippen LogP contribution in [0.25, 0.3) is 0 Å². The molecule has 0 aliphatic heterocycles. The zero-order valence-electron chi connectivity index (χ0n) is 17.2. The summed E-state index contributed by atoms with van der Waals surface area (Å²) >= 11 is 0. The number of carbonyl (C=O) groups is 3. The second-order valence-electron chi connectivity index (χ2n) is 7.16. The molecule has 30 heavy (non-hydrogen) atoms. The average molecular weight is 412 g/mol. The number of ether oxygens (including phenoxy) is 1. The molecule has 7 nitrogen and oxygen atoms in total. The number of nitrogens with one attached hydrogen (secondary N) is 2. The predicted octanol–water partition coefficient (Wildman–Crippen LogP) is 3.14. The third kappa shape index (κ3) is 7.24. The molecule has 3 atom stereocenters. The van der Waals surface area contributed by atoms with Crippen molar-refractivity contribution in [3.8, 4) is 0 Å². The summed E-state index contributed by atoms with van der Waals surface area (Å²) in [6.07, 6.45) is 0.0374. The van der Waals surface area contributed by atoms with Crippen molar-refractivity contribution in [1.82, 2.24) is 10.6 Å². The molecule has 0 fully saturated rings. The molecule has 0 aliphatic rings. The van der Waals surface area contributed by atoms with Crippen LogP contribution in [-0.4, -0.2) is 35.2 Å². The minimum absolute atomic E-state index is 0.0767. The first-order valence-electron chi connectivity index (χ1n) is 9.95. The van der Waals surface area contributed by atoms with Crippen molar-refractivity contribution in [2.24, 2.45) is 5.92 Å². The third-order valence-electron chi connectivity index (χ3n) is 4.88. The van der Waals surface area contributed by atoms with E-state index in [1.165, 1.54) is 0 Å². The number of carboxylic acids is 1. The Bertz CT molecular complexity index is 826. The van der Waals surface area contributed by atoms with Crippen LogP contribution in [-0.2, 0) is 27.4 Å². The molecule has 0 aliphatic carbocycles. The van der Waals surface area contributed by atoms with Crippen molar-refractivity contribution < 1.29 is 24.2 Å². The second kappa shape index (κ2) is 11.6. The number of carbonyl (C=O) groups excluding carboxylic acids is 2. The van der Waals surface area contributed by atoms with Crippen molar-refractivity contribution in [1.29, 1.82) is 0 Å². The number of amides is 2. The smallest absolute Gasteiger partial charge is 0.408 e. The molecule has 1 unspecified atom stereocenters. The molecule has 2 amide bonds. The molecular formula is C23H28N2O5. The van der Waals surface area contributed by atoms with E-state index in [9.17, 15) is 19.5 Å². The molecule has 0 saturated heterocycles. The van der Waals surface area contributed by atoms with Crippen LogP contribution in [0.5, 0.6) is 0 Å². The van der Waals surface area contributed by atoms with E-state index < -0.39 is 30.1 Å². The summed E-state index contributed by atoms with van der Waals surface area (Å²) in [4.78, 5) is 36.7. The van der Waals surface area contributed by atoms with Crippen LogP contribution in [0, 0.1) is 5.92 Å². The summed E-state index contributed by atoms with van der Waals surface area (Å²) in [7, 11) is 0. The summed E-state index contributed by atoms with van der Waals surface area (Å²) < 4.78 is 5.21. The number of benzene rings is 2. The Labute approximate surface area is 176 Å². The van der Waals surface area contributed by atoms with Gasteiger partial charge in [-0.3, -0.25) is 4.79 Å². The Morgan fingerprint density at radius 3 is 2.03 bits per heavy atom. The number of hydrogen-bond donors (Lipinski definition) is 3. The highest BCUT2D eigenvalue weighted by molar-refractivity contribution is 5.89. The van der Waals surface area contributed by atoms with Crippen LogP contribution >= 0.6 is 0 Å². The van der Waals surface area contributed by atoms with E-state index in [0.717, 1.165) is 11.1 Å². The summed E-state index contributed by atoms with van der Waals surface area (Å²) in [6.45, 7) is 3.78. The van der Waals surface area contributed by atoms with Gasteiger partial charge >= 0.3 is 12.1 Å². The molecule has 0 heterocycles. The van der Waals surface area contributed by atoms with Gasteiger partial charge in [-0.25, -0.2) is 9.59 Å². The van der Waals surface area contributed by atoms with E-state index in [-0.39, 0.29) is 18.9 Å². The third-order valence-corrected chi connectivity index (χ3v) is 4.88. The number of rotatable bonds is 10. The van der Waals surface area contributed by atoms with Gasteiger partial charge in [-0.15, -0.1) is 0 Å². The summed E-state index contributed by atoms with van der Waals surface area (Å²) in [5.74, 6) is -1.90. The van der Waals surface area contributed by atoms with Gasteiger partial charge in [0, 0.05) is 6.42 Å². The monoisotopic (exact) mass is 412 g/mol. The highest BCUT2D eigenvalue weighted by Crippen LogP contribution is 2.11. The fourth-order valence-corrected chi connectivity index (χ4v) is 2.91. The van der Waals surface area contributed by atoms with E-state index in [2.05, 4.69) is 10.6 Å². The standard InChI is InChI=1S/C23H28N2O5/c1-3-16(2)20(25-23(29)30-15-18-12-8-5-9-13-18)21(26)24-19(22(27)28)14-17-10-6-4-7-11-17/h4-13,16,19-20H,3,14-15H2,1-2H3,(H,24,26)(H,25,29)(H,27,28)/t16?,19-,20-/m0/s1. The highest BCUT2D eigenvalue weighted by Gasteiger charge is 2.30. The molecule has 2 aromatic carbocycles. The van der Waals surface area contributed by atoms with Crippen molar-refractivity contribution in [2.45, 2.75) is 45.4 Å². The van der Waals surface area contributed by atoms with Crippen molar-refractivity contribution in [2.75, 3.05) is 0 Å². The quantitative estimate of drug-likeness (QED) is 0.556. The molecular weight excluding hydrogens is 384 g/mol. The van der Waals surface area contributed by atoms with Crippen LogP contribution in [0.4, 0.5) is 4.79 Å². The normalized spacial score (nSPS) is 13.5. The minimum Gasteiger partial charge on any atom is -0.480 e. The Balaban J connectivity index is 2.00. The largest absolute Gasteiger partial charge is 0.480 e. The Morgan fingerprint density at radius 2 is 1.50 bits per heavy atom. The summed E-state index contributed by atoms with van der Waals surface area (Å²) in [5, 5.41) is 14.7. The minimum atomic E-state index is -1.14. The summed E-state index contributed by atoms with van der Waals surface area (Å²) in [6, 6.07) is 16.2. The number of hydrogen-bond acceptors (Lipinski definition) is 4. The van der Waals surface area contributed by atoms with E-state index in [1.807, 2.05) is 62.4 Å². The molecule has 0 aromatic heterocycles. The molecule has 7 heteroatoms. The maximum Gasteiger partial charge on any atom is 0.408 e. The molecule has 2 rings (SSSR count). The van der Waals surface area contributed by atoms with Gasteiger partial charge in [-0.1, -0.05) is 80.9 Å². The van der Waals surface area contributed by atoms with Gasteiger partial charge in [-0.2, -0.15) is 0 Å². The first-order chi connectivity index (χ1) is 14.4. The SMILES string of the molecule is CCC(C)[C@H](NC(=O)OCc1ccccc1)C(=O)N[C@@H](Cc1ccccc1)C(=O)O. The van der Waals surface area contributed by atoms with Crippen LogP contribution < -0.4 is 10.6 Å².